The molecule has 0 aliphatic carbocycles. The van der Waals surface area contributed by atoms with Crippen molar-refractivity contribution in [3.63, 3.8) is 0 Å². The molecule has 0 aliphatic rings. The number of hydrogen-bond acceptors (Lipinski definition) is 5. The van der Waals surface area contributed by atoms with Crippen molar-refractivity contribution in [1.82, 2.24) is 9.80 Å². The second-order valence-electron chi connectivity index (χ2n) is 15.8. The maximum absolute atomic E-state index is 10.4. The van der Waals surface area contributed by atoms with E-state index in [1.807, 2.05) is 0 Å². The molecule has 4 N–H and O–H groups in total. The van der Waals surface area contributed by atoms with E-state index in [0.29, 0.717) is 13.1 Å². The summed E-state index contributed by atoms with van der Waals surface area (Å²) in [7, 11) is 0. The first kappa shape index (κ1) is 51.8. The fourth-order valence-corrected chi connectivity index (χ4v) is 6.88. The van der Waals surface area contributed by atoms with E-state index in [4.69, 9.17) is 5.73 Å². The first-order chi connectivity index (χ1) is 26.1. The summed E-state index contributed by atoms with van der Waals surface area (Å²) in [6.45, 7) is 12.7. The van der Waals surface area contributed by atoms with E-state index in [9.17, 15) is 10.2 Å². The number of aliphatic hydroxyl groups excluding tert-OH is 2. The van der Waals surface area contributed by atoms with Crippen LogP contribution >= 0.6 is 0 Å². The average Bonchev–Trinajstić information content (AvgIpc) is 3.16. The van der Waals surface area contributed by atoms with Crippen LogP contribution in [0.15, 0.2) is 48.6 Å². The van der Waals surface area contributed by atoms with Gasteiger partial charge in [0.2, 0.25) is 0 Å². The first-order valence-corrected chi connectivity index (χ1v) is 23.2. The molecule has 0 spiro atoms. The Balaban J connectivity index is 4.10. The van der Waals surface area contributed by atoms with Gasteiger partial charge in [-0.1, -0.05) is 153 Å². The molecule has 53 heavy (non-hydrogen) atoms. The molecule has 0 aromatic rings. The van der Waals surface area contributed by atoms with Crippen LogP contribution in [0.1, 0.15) is 201 Å². The summed E-state index contributed by atoms with van der Waals surface area (Å²) in [4.78, 5) is 4.96. The van der Waals surface area contributed by atoms with E-state index in [1.165, 1.54) is 154 Å². The van der Waals surface area contributed by atoms with Crippen molar-refractivity contribution in [2.24, 2.45) is 5.73 Å². The van der Waals surface area contributed by atoms with Crippen LogP contribution in [0.25, 0.3) is 0 Å². The van der Waals surface area contributed by atoms with E-state index in [0.717, 1.165) is 58.4 Å². The summed E-state index contributed by atoms with van der Waals surface area (Å²) < 4.78 is 0. The topological polar surface area (TPSA) is 73.0 Å². The third-order valence-corrected chi connectivity index (χ3v) is 10.5. The Kier molecular flexibility index (Phi) is 42.5. The maximum Gasteiger partial charge on any atom is 0.0789 e. The van der Waals surface area contributed by atoms with Gasteiger partial charge in [-0.2, -0.15) is 0 Å². The molecule has 0 bridgehead atoms. The summed E-state index contributed by atoms with van der Waals surface area (Å²) in [5, 5.41) is 20.7. The molecule has 5 nitrogen and oxygen atoms in total. The monoisotopic (exact) mass is 744 g/mol. The van der Waals surface area contributed by atoms with Gasteiger partial charge in [0.15, 0.2) is 0 Å². The first-order valence-electron chi connectivity index (χ1n) is 23.2. The van der Waals surface area contributed by atoms with Gasteiger partial charge in [-0.05, 0) is 122 Å². The number of aliphatic hydroxyl groups is 2. The molecule has 0 aromatic carbocycles. The summed E-state index contributed by atoms with van der Waals surface area (Å²) >= 11 is 0. The van der Waals surface area contributed by atoms with Crippen LogP contribution in [-0.4, -0.2) is 78.0 Å². The Bertz CT molecular complexity index is 760. The Labute approximate surface area is 332 Å². The van der Waals surface area contributed by atoms with Crippen molar-refractivity contribution in [2.45, 2.75) is 213 Å². The van der Waals surface area contributed by atoms with Crippen molar-refractivity contribution >= 4 is 0 Å². The van der Waals surface area contributed by atoms with Gasteiger partial charge in [-0.15, -0.1) is 0 Å². The standard InChI is InChI=1S/C48H93N3O2/c1-4-7-9-11-13-15-17-19-21-23-25-27-29-31-33-36-40-50(45-47(52)6-3)42-38-35-39-43-51(46-48(53)44-49)41-37-34-32-30-28-26-24-22-20-18-16-14-12-10-8-5-2/h13-16,19-22,47-48,52-53H,4-12,17-18,23-46,49H2,1-3H3/b15-13+,16-14-,21-19+,22-20+. The van der Waals surface area contributed by atoms with Crippen LogP contribution in [0.5, 0.6) is 0 Å². The maximum atomic E-state index is 10.4. The highest BCUT2D eigenvalue weighted by Crippen LogP contribution is 2.12. The Morgan fingerprint density at radius 2 is 0.698 bits per heavy atom. The van der Waals surface area contributed by atoms with Gasteiger partial charge in [-0.3, -0.25) is 0 Å². The second-order valence-corrected chi connectivity index (χ2v) is 15.8. The molecule has 312 valence electrons. The minimum absolute atomic E-state index is 0.220. The molecule has 0 aromatic heterocycles. The minimum atomic E-state index is -0.431. The fourth-order valence-electron chi connectivity index (χ4n) is 6.88. The zero-order chi connectivity index (χ0) is 38.7. The Morgan fingerprint density at radius 1 is 0.396 bits per heavy atom. The zero-order valence-corrected chi connectivity index (χ0v) is 35.9. The summed E-state index contributed by atoms with van der Waals surface area (Å²) in [6.07, 6.45) is 53.0. The lowest BCUT2D eigenvalue weighted by Gasteiger charge is -2.26. The molecule has 0 saturated heterocycles. The van der Waals surface area contributed by atoms with E-state index >= 15 is 0 Å². The van der Waals surface area contributed by atoms with E-state index in [-0.39, 0.29) is 6.10 Å². The third-order valence-electron chi connectivity index (χ3n) is 10.5. The van der Waals surface area contributed by atoms with Crippen LogP contribution in [0.4, 0.5) is 0 Å². The highest BCUT2D eigenvalue weighted by molar-refractivity contribution is 4.93. The van der Waals surface area contributed by atoms with Crippen molar-refractivity contribution in [1.29, 1.82) is 0 Å². The Hall–Kier alpha value is -1.24. The quantitative estimate of drug-likeness (QED) is 0.0429. The van der Waals surface area contributed by atoms with Gasteiger partial charge in [0, 0.05) is 19.6 Å². The molecule has 0 heterocycles. The zero-order valence-electron chi connectivity index (χ0n) is 35.9. The molecule has 2 atom stereocenters. The molecule has 0 fully saturated rings. The molecule has 0 rings (SSSR count). The van der Waals surface area contributed by atoms with Crippen LogP contribution in [0, 0.1) is 0 Å². The Morgan fingerprint density at radius 3 is 1.04 bits per heavy atom. The van der Waals surface area contributed by atoms with Crippen molar-refractivity contribution in [3.8, 4) is 0 Å². The predicted molar refractivity (Wildman–Crippen MR) is 237 cm³/mol. The molecule has 0 aliphatic heterocycles. The smallest absolute Gasteiger partial charge is 0.0789 e. The lowest BCUT2D eigenvalue weighted by molar-refractivity contribution is 0.105. The van der Waals surface area contributed by atoms with Crippen molar-refractivity contribution in [3.05, 3.63) is 48.6 Å². The van der Waals surface area contributed by atoms with Crippen LogP contribution < -0.4 is 5.73 Å². The number of hydrogen-bond donors (Lipinski definition) is 3. The molecule has 0 radical (unpaired) electrons. The second kappa shape index (κ2) is 43.5. The number of unbranched alkanes of at least 4 members (excludes halogenated alkanes) is 20. The summed E-state index contributed by atoms with van der Waals surface area (Å²) in [5.74, 6) is 0. The highest BCUT2D eigenvalue weighted by Gasteiger charge is 2.12. The number of nitrogens with two attached hydrogens (primary N) is 1. The lowest BCUT2D eigenvalue weighted by Crippen LogP contribution is -2.37. The van der Waals surface area contributed by atoms with Gasteiger partial charge < -0.3 is 25.7 Å². The largest absolute Gasteiger partial charge is 0.392 e. The van der Waals surface area contributed by atoms with Crippen LogP contribution in [0.3, 0.4) is 0 Å². The third kappa shape index (κ3) is 40.2. The normalized spacial score (nSPS) is 13.7. The highest BCUT2D eigenvalue weighted by atomic mass is 16.3. The van der Waals surface area contributed by atoms with E-state index in [2.05, 4.69) is 79.2 Å². The van der Waals surface area contributed by atoms with Gasteiger partial charge in [0.1, 0.15) is 0 Å². The minimum Gasteiger partial charge on any atom is -0.392 e. The average molecular weight is 744 g/mol. The SMILES string of the molecule is CCCCC/C=C\C/C=C/CCCCCCCCN(CCCCCN(CCCCCCCC/C=C/C/C=C/CCCCC)CC(O)CC)CC(O)CN. The molecular weight excluding hydrogens is 651 g/mol. The number of allylic oxidation sites excluding steroid dienone is 8. The van der Waals surface area contributed by atoms with Crippen LogP contribution in [-0.2, 0) is 0 Å². The number of nitrogens with zero attached hydrogens (tertiary/aromatic N) is 2. The molecule has 2 unspecified atom stereocenters. The summed E-state index contributed by atoms with van der Waals surface area (Å²) in [5.41, 5.74) is 5.77. The number of rotatable bonds is 42. The fraction of sp³-hybridized carbons (Fsp3) is 0.833. The predicted octanol–water partition coefficient (Wildman–Crippen LogP) is 12.5. The van der Waals surface area contributed by atoms with Crippen LogP contribution in [0.2, 0.25) is 0 Å². The van der Waals surface area contributed by atoms with E-state index < -0.39 is 6.10 Å². The van der Waals surface area contributed by atoms with E-state index in [1.54, 1.807) is 0 Å². The molecular formula is C48H93N3O2. The van der Waals surface area contributed by atoms with Gasteiger partial charge in [0.25, 0.3) is 0 Å². The van der Waals surface area contributed by atoms with Gasteiger partial charge in [-0.25, -0.2) is 0 Å². The molecule has 0 amide bonds. The van der Waals surface area contributed by atoms with Crippen molar-refractivity contribution < 1.29 is 10.2 Å². The molecule has 0 saturated carbocycles. The summed E-state index contributed by atoms with van der Waals surface area (Å²) in [6, 6.07) is 0. The van der Waals surface area contributed by atoms with Crippen molar-refractivity contribution in [2.75, 3.05) is 45.8 Å². The van der Waals surface area contributed by atoms with Gasteiger partial charge >= 0.3 is 0 Å². The van der Waals surface area contributed by atoms with Gasteiger partial charge in [0.05, 0.1) is 12.2 Å². The molecule has 5 heteroatoms. The lowest BCUT2D eigenvalue weighted by atomic mass is 10.1.